The Morgan fingerprint density at radius 2 is 2.07 bits per heavy atom. The summed E-state index contributed by atoms with van der Waals surface area (Å²) in [5, 5.41) is 13.5. The van der Waals surface area contributed by atoms with Gasteiger partial charge in [0.25, 0.3) is 5.91 Å². The molecule has 4 rings (SSSR count). The summed E-state index contributed by atoms with van der Waals surface area (Å²) in [5.74, 6) is -1.43. The van der Waals surface area contributed by atoms with Gasteiger partial charge in [-0.05, 0) is 37.1 Å². The number of hydrazone groups is 1. The maximum Gasteiger partial charge on any atom is 0.276 e. The molecule has 6 nitrogen and oxygen atoms in total. The van der Waals surface area contributed by atoms with E-state index in [0.717, 1.165) is 18.9 Å². The SMILES string of the molecule is O=C(N/N=C\c1ccccc1O)c1cn(C2CC2)c2cc(Cl)c(F)cc2c1=O. The van der Waals surface area contributed by atoms with Crippen LogP contribution in [0.1, 0.15) is 34.8 Å². The molecule has 142 valence electrons. The van der Waals surface area contributed by atoms with Crippen molar-refractivity contribution >= 4 is 34.6 Å². The Bertz CT molecular complexity index is 1190. The minimum atomic E-state index is -0.719. The fraction of sp³-hybridized carbons (Fsp3) is 0.150. The molecule has 0 spiro atoms. The first-order chi connectivity index (χ1) is 13.5. The van der Waals surface area contributed by atoms with Crippen LogP contribution in [0.2, 0.25) is 5.02 Å². The fourth-order valence-corrected chi connectivity index (χ4v) is 3.14. The second kappa shape index (κ2) is 7.09. The molecule has 0 unspecified atom stereocenters. The van der Waals surface area contributed by atoms with Crippen molar-refractivity contribution in [3.8, 4) is 5.75 Å². The van der Waals surface area contributed by atoms with Gasteiger partial charge in [0.2, 0.25) is 5.43 Å². The molecule has 0 atom stereocenters. The highest BCUT2D eigenvalue weighted by atomic mass is 35.5. The van der Waals surface area contributed by atoms with E-state index in [1.54, 1.807) is 22.8 Å². The number of hydrogen-bond donors (Lipinski definition) is 2. The summed E-state index contributed by atoms with van der Waals surface area (Å²) in [5.41, 5.74) is 2.44. The summed E-state index contributed by atoms with van der Waals surface area (Å²) >= 11 is 5.87. The highest BCUT2D eigenvalue weighted by Crippen LogP contribution is 2.37. The monoisotopic (exact) mass is 399 g/mol. The molecular weight excluding hydrogens is 385 g/mol. The number of benzene rings is 2. The van der Waals surface area contributed by atoms with Crippen molar-refractivity contribution in [1.29, 1.82) is 0 Å². The molecule has 28 heavy (non-hydrogen) atoms. The zero-order valence-electron chi connectivity index (χ0n) is 14.5. The maximum atomic E-state index is 13.9. The number of pyridine rings is 1. The number of nitrogens with zero attached hydrogens (tertiary/aromatic N) is 2. The molecule has 0 saturated heterocycles. The topological polar surface area (TPSA) is 83.7 Å². The van der Waals surface area contributed by atoms with Crippen LogP contribution in [0.3, 0.4) is 0 Å². The Kier molecular flexibility index (Phi) is 4.60. The first-order valence-corrected chi connectivity index (χ1v) is 8.99. The van der Waals surface area contributed by atoms with Crippen LogP contribution in [-0.2, 0) is 0 Å². The zero-order valence-corrected chi connectivity index (χ0v) is 15.3. The molecule has 1 saturated carbocycles. The Morgan fingerprint density at radius 1 is 1.32 bits per heavy atom. The Balaban J connectivity index is 1.71. The van der Waals surface area contributed by atoms with Crippen molar-refractivity contribution in [3.63, 3.8) is 0 Å². The van der Waals surface area contributed by atoms with Crippen molar-refractivity contribution in [2.75, 3.05) is 0 Å². The Morgan fingerprint density at radius 3 is 2.79 bits per heavy atom. The number of carbonyl (C=O) groups is 1. The predicted octanol–water partition coefficient (Wildman–Crippen LogP) is 3.60. The molecular formula is C20H15ClFN3O3. The number of amides is 1. The van der Waals surface area contributed by atoms with E-state index in [9.17, 15) is 19.1 Å². The number of phenolic OH excluding ortho intramolecular Hbond substituents is 1. The molecule has 0 bridgehead atoms. The van der Waals surface area contributed by atoms with Gasteiger partial charge in [0.05, 0.1) is 16.8 Å². The van der Waals surface area contributed by atoms with Crippen LogP contribution in [-0.4, -0.2) is 21.8 Å². The average Bonchev–Trinajstić information content (AvgIpc) is 3.50. The van der Waals surface area contributed by atoms with Crippen LogP contribution in [0.4, 0.5) is 4.39 Å². The van der Waals surface area contributed by atoms with Crippen LogP contribution < -0.4 is 10.9 Å². The number of carbonyl (C=O) groups excluding carboxylic acids is 1. The standard InChI is InChI=1S/C20H15ClFN3O3/c21-15-8-17-13(7-16(15)22)19(27)14(10-25(17)12-5-6-12)20(28)24-23-9-11-3-1-2-4-18(11)26/h1-4,7-10,12,26H,5-6H2,(H,24,28)/b23-9-. The van der Waals surface area contributed by atoms with Crippen molar-refractivity contribution in [2.45, 2.75) is 18.9 Å². The summed E-state index contributed by atoms with van der Waals surface area (Å²) in [6, 6.07) is 9.08. The maximum absolute atomic E-state index is 13.9. The average molecular weight is 400 g/mol. The van der Waals surface area contributed by atoms with Gasteiger partial charge in [-0.25, -0.2) is 9.82 Å². The van der Waals surface area contributed by atoms with E-state index in [1.807, 2.05) is 0 Å². The number of aromatic nitrogens is 1. The molecule has 1 aromatic heterocycles. The lowest BCUT2D eigenvalue weighted by Crippen LogP contribution is -2.27. The smallest absolute Gasteiger partial charge is 0.276 e. The molecule has 2 N–H and O–H groups in total. The summed E-state index contributed by atoms with van der Waals surface area (Å²) in [7, 11) is 0. The highest BCUT2D eigenvalue weighted by Gasteiger charge is 2.27. The number of phenols is 1. The Hall–Kier alpha value is -3.19. The molecule has 1 fully saturated rings. The second-order valence-corrected chi connectivity index (χ2v) is 6.96. The number of rotatable bonds is 4. The predicted molar refractivity (Wildman–Crippen MR) is 105 cm³/mol. The van der Waals surface area contributed by atoms with Gasteiger partial charge in [-0.3, -0.25) is 9.59 Å². The molecule has 3 aromatic rings. The molecule has 1 aliphatic rings. The lowest BCUT2D eigenvalue weighted by Gasteiger charge is -2.12. The number of nitrogens with one attached hydrogen (secondary N) is 1. The van der Waals surface area contributed by atoms with E-state index < -0.39 is 17.2 Å². The second-order valence-electron chi connectivity index (χ2n) is 6.55. The van der Waals surface area contributed by atoms with Crippen LogP contribution >= 0.6 is 11.6 Å². The van der Waals surface area contributed by atoms with E-state index in [-0.39, 0.29) is 27.8 Å². The quantitative estimate of drug-likeness (QED) is 0.519. The third-order valence-electron chi connectivity index (χ3n) is 4.57. The number of para-hydroxylation sites is 1. The van der Waals surface area contributed by atoms with Crippen LogP contribution in [0, 0.1) is 5.82 Å². The van der Waals surface area contributed by atoms with Crippen molar-refractivity contribution in [1.82, 2.24) is 9.99 Å². The third-order valence-corrected chi connectivity index (χ3v) is 4.86. The van der Waals surface area contributed by atoms with Gasteiger partial charge in [-0.1, -0.05) is 23.7 Å². The summed E-state index contributed by atoms with van der Waals surface area (Å²) in [4.78, 5) is 25.3. The largest absolute Gasteiger partial charge is 0.507 e. The first kappa shape index (κ1) is 18.2. The molecule has 1 aliphatic carbocycles. The van der Waals surface area contributed by atoms with E-state index in [1.165, 1.54) is 24.5 Å². The van der Waals surface area contributed by atoms with Gasteiger partial charge in [0.1, 0.15) is 17.1 Å². The normalized spacial score (nSPS) is 13.9. The van der Waals surface area contributed by atoms with Gasteiger partial charge in [-0.2, -0.15) is 5.10 Å². The first-order valence-electron chi connectivity index (χ1n) is 8.61. The number of fused-ring (bicyclic) bond motifs is 1. The van der Waals surface area contributed by atoms with Crippen LogP contribution in [0.25, 0.3) is 10.9 Å². The van der Waals surface area contributed by atoms with Gasteiger partial charge in [0, 0.05) is 23.2 Å². The van der Waals surface area contributed by atoms with Crippen molar-refractivity contribution in [2.24, 2.45) is 5.10 Å². The number of hydrogen-bond acceptors (Lipinski definition) is 4. The van der Waals surface area contributed by atoms with E-state index in [4.69, 9.17) is 11.6 Å². The lowest BCUT2D eigenvalue weighted by molar-refractivity contribution is 0.0953. The summed E-state index contributed by atoms with van der Waals surface area (Å²) in [6.45, 7) is 0. The number of aromatic hydroxyl groups is 1. The van der Waals surface area contributed by atoms with Crippen LogP contribution in [0.5, 0.6) is 5.75 Å². The minimum absolute atomic E-state index is 0.00893. The molecule has 2 aromatic carbocycles. The molecule has 0 radical (unpaired) electrons. The molecule has 1 heterocycles. The van der Waals surface area contributed by atoms with E-state index >= 15 is 0 Å². The van der Waals surface area contributed by atoms with E-state index in [2.05, 4.69) is 10.5 Å². The molecule has 8 heteroatoms. The van der Waals surface area contributed by atoms with Gasteiger partial charge in [-0.15, -0.1) is 0 Å². The van der Waals surface area contributed by atoms with Gasteiger partial charge < -0.3 is 9.67 Å². The minimum Gasteiger partial charge on any atom is -0.507 e. The van der Waals surface area contributed by atoms with E-state index in [0.29, 0.717) is 11.1 Å². The summed E-state index contributed by atoms with van der Waals surface area (Å²) in [6.07, 6.45) is 4.54. The van der Waals surface area contributed by atoms with Crippen molar-refractivity contribution in [3.05, 3.63) is 74.8 Å². The van der Waals surface area contributed by atoms with Crippen molar-refractivity contribution < 1.29 is 14.3 Å². The molecule has 0 aliphatic heterocycles. The third kappa shape index (κ3) is 3.36. The highest BCUT2D eigenvalue weighted by molar-refractivity contribution is 6.31. The molecule has 1 amide bonds. The fourth-order valence-electron chi connectivity index (χ4n) is 2.98. The number of halogens is 2. The Labute approximate surface area is 163 Å². The van der Waals surface area contributed by atoms with Gasteiger partial charge in [0.15, 0.2) is 0 Å². The zero-order chi connectivity index (χ0) is 19.8. The van der Waals surface area contributed by atoms with Crippen LogP contribution in [0.15, 0.2) is 52.5 Å². The lowest BCUT2D eigenvalue weighted by atomic mass is 10.1. The van der Waals surface area contributed by atoms with Gasteiger partial charge >= 0.3 is 0 Å². The summed E-state index contributed by atoms with van der Waals surface area (Å²) < 4.78 is 15.7.